The van der Waals surface area contributed by atoms with Crippen LogP contribution in [0.4, 0.5) is 0 Å². The lowest BCUT2D eigenvalue weighted by Gasteiger charge is -2.12. The van der Waals surface area contributed by atoms with Gasteiger partial charge in [-0.15, -0.1) is 0 Å². The first-order chi connectivity index (χ1) is 10.0. The number of aryl methyl sites for hydroxylation is 1. The van der Waals surface area contributed by atoms with Crippen LogP contribution in [0.5, 0.6) is 0 Å². The molecule has 2 aromatic rings. The van der Waals surface area contributed by atoms with Crippen LogP contribution >= 0.6 is 0 Å². The van der Waals surface area contributed by atoms with Crippen LogP contribution in [0.25, 0.3) is 11.1 Å². The summed E-state index contributed by atoms with van der Waals surface area (Å²) in [6.07, 6.45) is 0. The Labute approximate surface area is 123 Å². The number of ether oxygens (including phenoxy) is 1. The summed E-state index contributed by atoms with van der Waals surface area (Å²) >= 11 is 0. The van der Waals surface area contributed by atoms with Crippen molar-refractivity contribution in [1.29, 1.82) is 0 Å². The Hall–Kier alpha value is -2.49. The number of carbonyl (C=O) groups is 2. The number of Topliss-reactive ketones (excluding diaryl/α,β-unsaturated/α-hetero) is 1. The highest BCUT2D eigenvalue weighted by atomic mass is 16.5. The standard InChI is InChI=1S/C17H17NO3/c1-4-21-17(20)16-15(13-8-6-5-7-9-13)10-14(12(3)19)11(2)18-16/h5-10H,4H2,1-3H3. The van der Waals surface area contributed by atoms with Crippen molar-refractivity contribution in [2.24, 2.45) is 0 Å². The first-order valence-corrected chi connectivity index (χ1v) is 6.79. The Kier molecular flexibility index (Phi) is 4.48. The zero-order valence-electron chi connectivity index (χ0n) is 12.3. The smallest absolute Gasteiger partial charge is 0.357 e. The van der Waals surface area contributed by atoms with Gasteiger partial charge >= 0.3 is 5.97 Å². The van der Waals surface area contributed by atoms with Crippen LogP contribution in [0.3, 0.4) is 0 Å². The van der Waals surface area contributed by atoms with E-state index in [1.54, 1.807) is 19.9 Å². The number of hydrogen-bond acceptors (Lipinski definition) is 4. The number of hydrogen-bond donors (Lipinski definition) is 0. The number of rotatable bonds is 4. The first kappa shape index (κ1) is 14.9. The fraction of sp³-hybridized carbons (Fsp3) is 0.235. The van der Waals surface area contributed by atoms with Gasteiger partial charge in [0.05, 0.1) is 6.61 Å². The van der Waals surface area contributed by atoms with Crippen LogP contribution in [0.1, 0.15) is 40.4 Å². The molecular weight excluding hydrogens is 266 g/mol. The van der Waals surface area contributed by atoms with E-state index in [1.807, 2.05) is 30.3 Å². The minimum absolute atomic E-state index is 0.0763. The second-order valence-electron chi connectivity index (χ2n) is 4.66. The average Bonchev–Trinajstić information content (AvgIpc) is 2.47. The van der Waals surface area contributed by atoms with Gasteiger partial charge in [0.2, 0.25) is 0 Å². The molecule has 21 heavy (non-hydrogen) atoms. The Morgan fingerprint density at radius 2 is 1.86 bits per heavy atom. The maximum absolute atomic E-state index is 12.1. The predicted molar refractivity (Wildman–Crippen MR) is 80.4 cm³/mol. The fourth-order valence-corrected chi connectivity index (χ4v) is 2.15. The van der Waals surface area contributed by atoms with E-state index >= 15 is 0 Å². The molecule has 0 bridgehead atoms. The third-order valence-electron chi connectivity index (χ3n) is 3.15. The molecule has 1 heterocycles. The van der Waals surface area contributed by atoms with E-state index in [-0.39, 0.29) is 18.1 Å². The van der Waals surface area contributed by atoms with E-state index in [1.165, 1.54) is 6.92 Å². The van der Waals surface area contributed by atoms with Gasteiger partial charge in [-0.3, -0.25) is 4.79 Å². The molecule has 0 saturated heterocycles. The lowest BCUT2D eigenvalue weighted by molar-refractivity contribution is 0.0520. The molecule has 0 aliphatic carbocycles. The highest BCUT2D eigenvalue weighted by Crippen LogP contribution is 2.26. The monoisotopic (exact) mass is 283 g/mol. The second kappa shape index (κ2) is 6.31. The van der Waals surface area contributed by atoms with Crippen LogP contribution in [-0.2, 0) is 4.74 Å². The molecule has 0 aliphatic heterocycles. The summed E-state index contributed by atoms with van der Waals surface area (Å²) in [4.78, 5) is 28.1. The molecule has 0 saturated carbocycles. The van der Waals surface area contributed by atoms with Gasteiger partial charge in [0.25, 0.3) is 0 Å². The van der Waals surface area contributed by atoms with Crippen molar-refractivity contribution < 1.29 is 14.3 Å². The molecular formula is C17H17NO3. The molecule has 1 aromatic heterocycles. The molecule has 4 heteroatoms. The van der Waals surface area contributed by atoms with E-state index < -0.39 is 5.97 Å². The van der Waals surface area contributed by atoms with Gasteiger partial charge in [0.15, 0.2) is 11.5 Å². The summed E-state index contributed by atoms with van der Waals surface area (Å²) in [7, 11) is 0. The SMILES string of the molecule is CCOC(=O)c1nc(C)c(C(C)=O)cc1-c1ccccc1. The summed E-state index contributed by atoms with van der Waals surface area (Å²) in [6.45, 7) is 5.23. The number of ketones is 1. The molecule has 1 aromatic carbocycles. The highest BCUT2D eigenvalue weighted by Gasteiger charge is 2.19. The molecule has 2 rings (SSSR count). The summed E-state index contributed by atoms with van der Waals surface area (Å²) in [5, 5.41) is 0. The largest absolute Gasteiger partial charge is 0.461 e. The van der Waals surface area contributed by atoms with Crippen molar-refractivity contribution in [3.05, 3.63) is 53.3 Å². The molecule has 0 spiro atoms. The van der Waals surface area contributed by atoms with E-state index in [9.17, 15) is 9.59 Å². The maximum atomic E-state index is 12.1. The Balaban J connectivity index is 2.66. The molecule has 0 aliphatic rings. The lowest BCUT2D eigenvalue weighted by atomic mass is 9.99. The van der Waals surface area contributed by atoms with Crippen molar-refractivity contribution in [3.63, 3.8) is 0 Å². The predicted octanol–water partition coefficient (Wildman–Crippen LogP) is 3.44. The third kappa shape index (κ3) is 3.16. The topological polar surface area (TPSA) is 56.3 Å². The van der Waals surface area contributed by atoms with Gasteiger partial charge in [-0.2, -0.15) is 0 Å². The van der Waals surface area contributed by atoms with Gasteiger partial charge in [-0.05, 0) is 32.4 Å². The lowest BCUT2D eigenvalue weighted by Crippen LogP contribution is -2.12. The van der Waals surface area contributed by atoms with E-state index in [0.29, 0.717) is 16.8 Å². The van der Waals surface area contributed by atoms with Crippen molar-refractivity contribution in [1.82, 2.24) is 4.98 Å². The number of aromatic nitrogens is 1. The van der Waals surface area contributed by atoms with Crippen LogP contribution < -0.4 is 0 Å². The third-order valence-corrected chi connectivity index (χ3v) is 3.15. The van der Waals surface area contributed by atoms with Gasteiger partial charge in [-0.25, -0.2) is 9.78 Å². The quantitative estimate of drug-likeness (QED) is 0.637. The molecule has 0 unspecified atom stereocenters. The van der Waals surface area contributed by atoms with Crippen LogP contribution in [-0.4, -0.2) is 23.3 Å². The molecule has 0 amide bonds. The Morgan fingerprint density at radius 3 is 2.43 bits per heavy atom. The van der Waals surface area contributed by atoms with Crippen LogP contribution in [0.2, 0.25) is 0 Å². The minimum Gasteiger partial charge on any atom is -0.461 e. The molecule has 0 atom stereocenters. The van der Waals surface area contributed by atoms with E-state index in [2.05, 4.69) is 4.98 Å². The van der Waals surface area contributed by atoms with E-state index in [4.69, 9.17) is 4.74 Å². The first-order valence-electron chi connectivity index (χ1n) is 6.79. The fourth-order valence-electron chi connectivity index (χ4n) is 2.15. The van der Waals surface area contributed by atoms with Gasteiger partial charge in [0.1, 0.15) is 0 Å². The summed E-state index contributed by atoms with van der Waals surface area (Å²) < 4.78 is 5.06. The molecule has 108 valence electrons. The zero-order valence-corrected chi connectivity index (χ0v) is 12.3. The Bertz CT molecular complexity index is 678. The van der Waals surface area contributed by atoms with E-state index in [0.717, 1.165) is 5.56 Å². The number of carbonyl (C=O) groups excluding carboxylic acids is 2. The zero-order chi connectivity index (χ0) is 15.4. The van der Waals surface area contributed by atoms with Crippen LogP contribution in [0.15, 0.2) is 36.4 Å². The van der Waals surface area contributed by atoms with Crippen molar-refractivity contribution in [2.45, 2.75) is 20.8 Å². The molecule has 0 N–H and O–H groups in total. The summed E-state index contributed by atoms with van der Waals surface area (Å²) in [6, 6.07) is 11.1. The molecule has 4 nitrogen and oxygen atoms in total. The molecule has 0 fully saturated rings. The van der Waals surface area contributed by atoms with Crippen LogP contribution in [0, 0.1) is 6.92 Å². The van der Waals surface area contributed by atoms with Crippen molar-refractivity contribution in [3.8, 4) is 11.1 Å². The Morgan fingerprint density at radius 1 is 1.19 bits per heavy atom. The van der Waals surface area contributed by atoms with Gasteiger partial charge in [-0.1, -0.05) is 30.3 Å². The number of benzene rings is 1. The number of esters is 1. The summed E-state index contributed by atoms with van der Waals surface area (Å²) in [5.41, 5.74) is 2.73. The highest BCUT2D eigenvalue weighted by molar-refractivity contribution is 6.00. The number of nitrogens with zero attached hydrogens (tertiary/aromatic N) is 1. The van der Waals surface area contributed by atoms with Crippen molar-refractivity contribution in [2.75, 3.05) is 6.61 Å². The minimum atomic E-state index is -0.477. The average molecular weight is 283 g/mol. The van der Waals surface area contributed by atoms with Gasteiger partial charge in [0, 0.05) is 16.8 Å². The van der Waals surface area contributed by atoms with Gasteiger partial charge < -0.3 is 4.74 Å². The second-order valence-corrected chi connectivity index (χ2v) is 4.66. The van der Waals surface area contributed by atoms with Crippen molar-refractivity contribution >= 4 is 11.8 Å². The molecule has 0 radical (unpaired) electrons. The normalized spacial score (nSPS) is 10.2. The summed E-state index contributed by atoms with van der Waals surface area (Å²) in [5.74, 6) is -0.554. The maximum Gasteiger partial charge on any atom is 0.357 e. The number of pyridine rings is 1.